The van der Waals surface area contributed by atoms with Gasteiger partial charge in [-0.05, 0) is 0 Å². The van der Waals surface area contributed by atoms with Crippen molar-refractivity contribution in [2.45, 2.75) is 0 Å². The van der Waals surface area contributed by atoms with Crippen LogP contribution in [-0.4, -0.2) is 0 Å². The van der Waals surface area contributed by atoms with Crippen LogP contribution in [-0.2, 0) is 0 Å². The molecule has 0 unspecified atom stereocenters. The van der Waals surface area contributed by atoms with Crippen molar-refractivity contribution >= 4 is 0 Å². The molecule has 0 aliphatic heterocycles. The molecule has 0 heterocycles. The SMILES string of the molecule is N#Cc1c(F)c(F)c(F)c(-c2ccc[c]c2F)c1C#N. The highest BCUT2D eigenvalue weighted by Crippen LogP contribution is 2.33. The summed E-state index contributed by atoms with van der Waals surface area (Å²) in [5.41, 5.74) is -3.00. The van der Waals surface area contributed by atoms with E-state index in [1.165, 1.54) is 24.3 Å². The van der Waals surface area contributed by atoms with Crippen LogP contribution >= 0.6 is 0 Å². The molecule has 1 radical (unpaired) electrons. The smallest absolute Gasteiger partial charge is 0.196 e. The molecule has 0 spiro atoms. The minimum absolute atomic E-state index is 0.475. The van der Waals surface area contributed by atoms with E-state index in [-0.39, 0.29) is 0 Å². The lowest BCUT2D eigenvalue weighted by molar-refractivity contribution is 0.446. The molecule has 2 rings (SSSR count). The van der Waals surface area contributed by atoms with Crippen LogP contribution in [0.3, 0.4) is 0 Å². The van der Waals surface area contributed by atoms with Crippen LogP contribution in [0.15, 0.2) is 18.2 Å². The molecule has 0 bridgehead atoms. The Hall–Kier alpha value is -2.86. The molecular weight excluding hydrogens is 272 g/mol. The summed E-state index contributed by atoms with van der Waals surface area (Å²) < 4.78 is 54.3. The molecule has 0 atom stereocenters. The molecule has 6 heteroatoms. The van der Waals surface area contributed by atoms with E-state index >= 15 is 0 Å². The summed E-state index contributed by atoms with van der Waals surface area (Å²) in [6.45, 7) is 0. The van der Waals surface area contributed by atoms with Crippen LogP contribution in [0.1, 0.15) is 11.1 Å². The van der Waals surface area contributed by atoms with E-state index < -0.39 is 45.5 Å². The monoisotopic (exact) mass is 275 g/mol. The van der Waals surface area contributed by atoms with Crippen molar-refractivity contribution < 1.29 is 17.6 Å². The van der Waals surface area contributed by atoms with Gasteiger partial charge in [-0.15, -0.1) is 0 Å². The van der Waals surface area contributed by atoms with Crippen molar-refractivity contribution in [3.8, 4) is 23.3 Å². The average molecular weight is 275 g/mol. The number of nitrogens with zero attached hydrogens (tertiary/aromatic N) is 2. The van der Waals surface area contributed by atoms with E-state index in [1.54, 1.807) is 0 Å². The molecule has 0 aromatic heterocycles. The maximum Gasteiger partial charge on any atom is 0.196 e. The van der Waals surface area contributed by atoms with Gasteiger partial charge in [0.15, 0.2) is 17.5 Å². The number of nitriles is 2. The first-order chi connectivity index (χ1) is 9.52. The maximum atomic E-state index is 13.8. The van der Waals surface area contributed by atoms with Crippen LogP contribution in [0.4, 0.5) is 17.6 Å². The van der Waals surface area contributed by atoms with Crippen LogP contribution in [0.25, 0.3) is 11.1 Å². The summed E-state index contributed by atoms with van der Waals surface area (Å²) in [6.07, 6.45) is 0. The minimum Gasteiger partial charge on any atom is -0.206 e. The predicted octanol–water partition coefficient (Wildman–Crippen LogP) is 3.45. The third kappa shape index (κ3) is 1.88. The molecule has 97 valence electrons. The first kappa shape index (κ1) is 13.6. The second-order valence-corrected chi connectivity index (χ2v) is 3.69. The number of rotatable bonds is 1. The summed E-state index contributed by atoms with van der Waals surface area (Å²) in [4.78, 5) is 0. The number of halogens is 4. The molecule has 0 amide bonds. The maximum absolute atomic E-state index is 13.8. The topological polar surface area (TPSA) is 47.6 Å². The van der Waals surface area contributed by atoms with E-state index in [0.29, 0.717) is 0 Å². The number of hydrogen-bond acceptors (Lipinski definition) is 2. The van der Waals surface area contributed by atoms with Crippen molar-refractivity contribution in [1.29, 1.82) is 10.5 Å². The van der Waals surface area contributed by atoms with Gasteiger partial charge in [-0.2, -0.15) is 10.5 Å². The molecule has 2 aromatic rings. The predicted molar refractivity (Wildman–Crippen MR) is 60.0 cm³/mol. The highest BCUT2D eigenvalue weighted by molar-refractivity contribution is 5.75. The molecule has 0 aliphatic carbocycles. The van der Waals surface area contributed by atoms with Gasteiger partial charge in [0.2, 0.25) is 0 Å². The molecule has 0 N–H and O–H groups in total. The first-order valence-electron chi connectivity index (χ1n) is 5.20. The zero-order valence-corrected chi connectivity index (χ0v) is 9.64. The zero-order chi connectivity index (χ0) is 14.9. The summed E-state index contributed by atoms with van der Waals surface area (Å²) >= 11 is 0. The Morgan fingerprint density at radius 3 is 2.10 bits per heavy atom. The molecule has 2 aromatic carbocycles. The molecule has 0 aliphatic rings. The Morgan fingerprint density at radius 2 is 1.55 bits per heavy atom. The van der Waals surface area contributed by atoms with Gasteiger partial charge in [0.1, 0.15) is 23.5 Å². The number of benzene rings is 2. The Kier molecular flexibility index (Phi) is 3.41. The fourth-order valence-electron chi connectivity index (χ4n) is 1.74. The molecular formula is C14H3F4N2. The molecule has 0 saturated heterocycles. The lowest BCUT2D eigenvalue weighted by Gasteiger charge is -2.10. The standard InChI is InChI=1S/C14H3F4N2/c15-10-4-2-1-3-7(10)11-8(5-19)9(6-20)12(16)14(18)13(11)17/h1-3H. The average Bonchev–Trinajstić information content (AvgIpc) is 2.45. The van der Waals surface area contributed by atoms with E-state index in [4.69, 9.17) is 10.5 Å². The van der Waals surface area contributed by atoms with Crippen LogP contribution in [0.5, 0.6) is 0 Å². The summed E-state index contributed by atoms with van der Waals surface area (Å²) in [5.74, 6) is -6.47. The Balaban J connectivity index is 2.99. The lowest BCUT2D eigenvalue weighted by atomic mass is 9.94. The Bertz CT molecular complexity index is 785. The second kappa shape index (κ2) is 5.02. The second-order valence-electron chi connectivity index (χ2n) is 3.69. The van der Waals surface area contributed by atoms with Crippen LogP contribution in [0.2, 0.25) is 0 Å². The van der Waals surface area contributed by atoms with E-state index in [1.807, 2.05) is 0 Å². The zero-order valence-electron chi connectivity index (χ0n) is 9.64. The van der Waals surface area contributed by atoms with Gasteiger partial charge in [0.25, 0.3) is 0 Å². The highest BCUT2D eigenvalue weighted by Gasteiger charge is 2.27. The van der Waals surface area contributed by atoms with Crippen molar-refractivity contribution in [2.24, 2.45) is 0 Å². The van der Waals surface area contributed by atoms with Crippen LogP contribution < -0.4 is 0 Å². The minimum atomic E-state index is -1.93. The van der Waals surface area contributed by atoms with Gasteiger partial charge >= 0.3 is 0 Å². The quantitative estimate of drug-likeness (QED) is 0.591. The van der Waals surface area contributed by atoms with E-state index in [9.17, 15) is 17.6 Å². The van der Waals surface area contributed by atoms with Crippen molar-refractivity contribution in [3.63, 3.8) is 0 Å². The number of hydrogen-bond donors (Lipinski definition) is 0. The third-order valence-corrected chi connectivity index (χ3v) is 2.62. The van der Waals surface area contributed by atoms with Gasteiger partial charge in [0.05, 0.1) is 5.56 Å². The van der Waals surface area contributed by atoms with Gasteiger partial charge < -0.3 is 0 Å². The summed E-state index contributed by atoms with van der Waals surface area (Å²) in [6, 6.07) is 8.33. The summed E-state index contributed by atoms with van der Waals surface area (Å²) in [5, 5.41) is 17.7. The Labute approximate surface area is 111 Å². The molecule has 2 nitrogen and oxygen atoms in total. The third-order valence-electron chi connectivity index (χ3n) is 2.62. The van der Waals surface area contributed by atoms with Crippen LogP contribution in [0, 0.1) is 52.0 Å². The van der Waals surface area contributed by atoms with Crippen molar-refractivity contribution in [1.82, 2.24) is 0 Å². The van der Waals surface area contributed by atoms with Gasteiger partial charge in [-0.3, -0.25) is 0 Å². The summed E-state index contributed by atoms with van der Waals surface area (Å²) in [7, 11) is 0. The van der Waals surface area contributed by atoms with Gasteiger partial charge in [-0.1, -0.05) is 18.2 Å². The Morgan fingerprint density at radius 1 is 0.900 bits per heavy atom. The molecule has 0 saturated carbocycles. The molecule has 0 fully saturated rings. The van der Waals surface area contributed by atoms with Crippen molar-refractivity contribution in [3.05, 3.63) is 58.7 Å². The van der Waals surface area contributed by atoms with E-state index in [0.717, 1.165) is 6.07 Å². The van der Waals surface area contributed by atoms with Gasteiger partial charge in [-0.25, -0.2) is 17.6 Å². The lowest BCUT2D eigenvalue weighted by Crippen LogP contribution is -2.04. The van der Waals surface area contributed by atoms with E-state index in [2.05, 4.69) is 6.07 Å². The first-order valence-corrected chi connectivity index (χ1v) is 5.20. The fourth-order valence-corrected chi connectivity index (χ4v) is 1.74. The van der Waals surface area contributed by atoms with Crippen molar-refractivity contribution in [2.75, 3.05) is 0 Å². The normalized spacial score (nSPS) is 9.90. The van der Waals surface area contributed by atoms with Gasteiger partial charge in [0, 0.05) is 17.2 Å². The molecule has 20 heavy (non-hydrogen) atoms. The highest BCUT2D eigenvalue weighted by atomic mass is 19.2. The fraction of sp³-hybridized carbons (Fsp3) is 0. The largest absolute Gasteiger partial charge is 0.206 e.